The van der Waals surface area contributed by atoms with Gasteiger partial charge >= 0.3 is 0 Å². The molecule has 0 saturated carbocycles. The van der Waals surface area contributed by atoms with Gasteiger partial charge in [-0.25, -0.2) is 14.4 Å². The molecular formula is C36H39FN8O4. The Balaban J connectivity index is 1.05. The van der Waals surface area contributed by atoms with Crippen molar-refractivity contribution in [2.75, 3.05) is 54.5 Å². The van der Waals surface area contributed by atoms with Crippen molar-refractivity contribution < 1.29 is 18.7 Å². The number of carbonyl (C=O) groups is 2. The lowest BCUT2D eigenvalue weighted by molar-refractivity contribution is -0.0691. The minimum Gasteiger partial charge on any atom is -0.378 e. The van der Waals surface area contributed by atoms with Gasteiger partial charge in [0.25, 0.3) is 11.5 Å². The molecule has 1 atom stereocenters. The first-order chi connectivity index (χ1) is 23.8. The Kier molecular flexibility index (Phi) is 8.03. The number of amides is 1. The predicted octanol–water partition coefficient (Wildman–Crippen LogP) is 3.79. The van der Waals surface area contributed by atoms with Crippen LogP contribution in [0.4, 0.5) is 27.4 Å². The third-order valence-electron chi connectivity index (χ3n) is 10.5. The number of aldehydes is 1. The number of hydrogen-bond acceptors (Lipinski definition) is 9. The van der Waals surface area contributed by atoms with Gasteiger partial charge in [0, 0.05) is 75.0 Å². The molecule has 4 aromatic rings. The molecule has 3 aliphatic heterocycles. The van der Waals surface area contributed by atoms with Crippen LogP contribution in [0.2, 0.25) is 0 Å². The zero-order valence-electron chi connectivity index (χ0n) is 27.7. The van der Waals surface area contributed by atoms with E-state index in [1.165, 1.54) is 15.7 Å². The van der Waals surface area contributed by atoms with Gasteiger partial charge in [-0.3, -0.25) is 24.2 Å². The zero-order chi connectivity index (χ0) is 33.8. The van der Waals surface area contributed by atoms with Gasteiger partial charge in [-0.05, 0) is 62.4 Å². The predicted molar refractivity (Wildman–Crippen MR) is 184 cm³/mol. The fourth-order valence-electron chi connectivity index (χ4n) is 7.80. The molecule has 4 aliphatic rings. The number of halogens is 1. The largest absolute Gasteiger partial charge is 0.378 e. The number of fused-ring (bicyclic) bond motifs is 3. The highest BCUT2D eigenvalue weighted by atomic mass is 19.1. The summed E-state index contributed by atoms with van der Waals surface area (Å²) in [4.78, 5) is 55.0. The Hall–Kier alpha value is -4.88. The smallest absolute Gasteiger partial charge is 0.279 e. The molecule has 0 spiro atoms. The van der Waals surface area contributed by atoms with E-state index in [2.05, 4.69) is 32.0 Å². The van der Waals surface area contributed by atoms with Crippen molar-refractivity contribution in [3.05, 3.63) is 81.5 Å². The molecule has 254 valence electrons. The Bertz CT molecular complexity index is 2000. The van der Waals surface area contributed by atoms with Crippen molar-refractivity contribution in [1.29, 1.82) is 0 Å². The minimum absolute atomic E-state index is 0.0369. The molecule has 0 aromatic carbocycles. The van der Waals surface area contributed by atoms with E-state index in [0.29, 0.717) is 53.8 Å². The van der Waals surface area contributed by atoms with E-state index in [-0.39, 0.29) is 34.9 Å². The molecule has 7 heterocycles. The number of hydrogen-bond donors (Lipinski definition) is 1. The number of piperazine rings is 1. The number of pyridine rings is 3. The summed E-state index contributed by atoms with van der Waals surface area (Å²) in [5.41, 5.74) is 3.86. The van der Waals surface area contributed by atoms with Crippen LogP contribution in [0.15, 0.2) is 47.7 Å². The molecule has 13 heteroatoms. The highest BCUT2D eigenvalue weighted by Crippen LogP contribution is 2.35. The molecular weight excluding hydrogens is 627 g/mol. The second-order valence-electron chi connectivity index (χ2n) is 13.4. The summed E-state index contributed by atoms with van der Waals surface area (Å²) in [6, 6.07) is 8.06. The molecule has 2 saturated heterocycles. The lowest BCUT2D eigenvalue weighted by atomic mass is 9.97. The van der Waals surface area contributed by atoms with Crippen molar-refractivity contribution in [2.45, 2.75) is 51.2 Å². The number of carbonyl (C=O) groups excluding carboxylic acids is 2. The van der Waals surface area contributed by atoms with Gasteiger partial charge in [-0.2, -0.15) is 0 Å². The normalized spacial score (nSPS) is 19.7. The van der Waals surface area contributed by atoms with Crippen LogP contribution >= 0.6 is 0 Å². The summed E-state index contributed by atoms with van der Waals surface area (Å²) in [7, 11) is 1.64. The summed E-state index contributed by atoms with van der Waals surface area (Å²) >= 11 is 0. The molecule has 1 aliphatic carbocycles. The average molecular weight is 667 g/mol. The van der Waals surface area contributed by atoms with E-state index in [9.17, 15) is 14.4 Å². The van der Waals surface area contributed by atoms with Crippen molar-refractivity contribution in [1.82, 2.24) is 24.0 Å². The number of rotatable bonds is 7. The Labute approximate surface area is 283 Å². The minimum atomic E-state index is -0.507. The van der Waals surface area contributed by atoms with Crippen molar-refractivity contribution >= 4 is 35.2 Å². The van der Waals surface area contributed by atoms with Crippen LogP contribution < -0.4 is 20.7 Å². The number of nitrogens with zero attached hydrogens (tertiary/aromatic N) is 7. The van der Waals surface area contributed by atoms with E-state index in [4.69, 9.17) is 4.74 Å². The maximum atomic E-state index is 15.5. The molecule has 2 fully saturated rings. The molecule has 8 rings (SSSR count). The number of ether oxygens (including phenoxy) is 1. The molecule has 12 nitrogen and oxygen atoms in total. The standard InChI is InChI=1S/C36H39FN8O4/c1-22-17-42(25-20-49-21-25)11-12-43(22)24-7-8-31(39-16-24)40-29-15-23(18-41(2)35(29)47)26-9-10-38-34(28(26)19-46)45-14-13-44-30-6-4-3-5-27(30)32(37)33(44)36(45)48/h7-10,15-16,18-19,22,25H,3-6,11-14,17,20-21H2,1-2H3,(H,39,40)/t22-/m0/s1. The van der Waals surface area contributed by atoms with Gasteiger partial charge in [0.05, 0.1) is 36.7 Å². The second kappa shape index (κ2) is 12.5. The van der Waals surface area contributed by atoms with Crippen LogP contribution in [0.1, 0.15) is 51.9 Å². The van der Waals surface area contributed by atoms with Crippen LogP contribution in [-0.2, 0) is 31.2 Å². The number of anilines is 4. The number of aromatic nitrogens is 4. The number of nitrogens with one attached hydrogen (secondary N) is 1. The highest BCUT2D eigenvalue weighted by molar-refractivity contribution is 6.09. The lowest BCUT2D eigenvalue weighted by Crippen LogP contribution is -2.59. The molecule has 0 unspecified atom stereocenters. The number of aryl methyl sites for hydroxylation is 1. The first kappa shape index (κ1) is 31.4. The Morgan fingerprint density at radius 3 is 2.61 bits per heavy atom. The summed E-state index contributed by atoms with van der Waals surface area (Å²) in [6.45, 7) is 7.35. The van der Waals surface area contributed by atoms with Crippen LogP contribution in [0.5, 0.6) is 0 Å². The van der Waals surface area contributed by atoms with E-state index in [1.807, 2.05) is 22.9 Å². The van der Waals surface area contributed by atoms with Gasteiger partial charge in [0.2, 0.25) is 0 Å². The molecule has 49 heavy (non-hydrogen) atoms. The van der Waals surface area contributed by atoms with Crippen LogP contribution in [0, 0.1) is 5.82 Å². The molecule has 4 aromatic heterocycles. The topological polar surface area (TPSA) is 118 Å². The maximum absolute atomic E-state index is 15.5. The third-order valence-corrected chi connectivity index (χ3v) is 10.5. The fourth-order valence-corrected chi connectivity index (χ4v) is 7.80. The van der Waals surface area contributed by atoms with Gasteiger partial charge in [-0.15, -0.1) is 0 Å². The third kappa shape index (κ3) is 5.41. The first-order valence-electron chi connectivity index (χ1n) is 17.0. The molecule has 0 radical (unpaired) electrons. The summed E-state index contributed by atoms with van der Waals surface area (Å²) < 4.78 is 24.2. The SMILES string of the molecule is C[C@H]1CN(C2COC2)CCN1c1ccc(Nc2cc(-c3ccnc(N4CCn5c6c(c(F)c5C4=O)CCCC6)c3C=O)cn(C)c2=O)nc1. The van der Waals surface area contributed by atoms with E-state index >= 15 is 4.39 Å². The monoisotopic (exact) mass is 666 g/mol. The Morgan fingerprint density at radius 2 is 1.88 bits per heavy atom. The summed E-state index contributed by atoms with van der Waals surface area (Å²) in [5, 5.41) is 3.17. The fraction of sp³-hybridized carbons (Fsp3) is 0.417. The van der Waals surface area contributed by atoms with Gasteiger partial charge in [-0.1, -0.05) is 0 Å². The summed E-state index contributed by atoms with van der Waals surface area (Å²) in [5.74, 6) is -0.291. The van der Waals surface area contributed by atoms with E-state index in [0.717, 1.165) is 63.5 Å². The van der Waals surface area contributed by atoms with Crippen LogP contribution in [0.25, 0.3) is 11.1 Å². The second-order valence-corrected chi connectivity index (χ2v) is 13.4. The van der Waals surface area contributed by atoms with Crippen LogP contribution in [-0.4, -0.2) is 87.7 Å². The van der Waals surface area contributed by atoms with Crippen molar-refractivity contribution in [3.8, 4) is 11.1 Å². The van der Waals surface area contributed by atoms with Gasteiger partial charge in [0.15, 0.2) is 12.1 Å². The first-order valence-corrected chi connectivity index (χ1v) is 17.0. The van der Waals surface area contributed by atoms with E-state index in [1.54, 1.807) is 25.4 Å². The van der Waals surface area contributed by atoms with Crippen molar-refractivity contribution in [2.24, 2.45) is 7.05 Å². The van der Waals surface area contributed by atoms with Crippen LogP contribution in [0.3, 0.4) is 0 Å². The summed E-state index contributed by atoms with van der Waals surface area (Å²) in [6.07, 6.45) is 8.90. The average Bonchev–Trinajstić information content (AvgIpc) is 3.38. The van der Waals surface area contributed by atoms with Gasteiger partial charge in [0.1, 0.15) is 23.0 Å². The Morgan fingerprint density at radius 1 is 1.04 bits per heavy atom. The molecule has 0 bridgehead atoms. The molecule has 1 N–H and O–H groups in total. The highest BCUT2D eigenvalue weighted by Gasteiger charge is 2.37. The maximum Gasteiger partial charge on any atom is 0.279 e. The van der Waals surface area contributed by atoms with Crippen molar-refractivity contribution in [3.63, 3.8) is 0 Å². The van der Waals surface area contributed by atoms with E-state index < -0.39 is 11.7 Å². The quantitative estimate of drug-likeness (QED) is 0.294. The van der Waals surface area contributed by atoms with Gasteiger partial charge < -0.3 is 24.1 Å². The molecule has 1 amide bonds. The zero-order valence-corrected chi connectivity index (χ0v) is 27.7. The lowest BCUT2D eigenvalue weighted by Gasteiger charge is -2.46.